The molecule has 0 saturated heterocycles. The quantitative estimate of drug-likeness (QED) is 0.368. The van der Waals surface area contributed by atoms with E-state index < -0.39 is 0 Å². The van der Waals surface area contributed by atoms with Crippen LogP contribution in [-0.2, 0) is 0 Å². The molecule has 0 saturated carbocycles. The van der Waals surface area contributed by atoms with Crippen LogP contribution in [0.4, 0.5) is 0 Å². The second kappa shape index (κ2) is 3.35. The van der Waals surface area contributed by atoms with Crippen LogP contribution in [0.3, 0.4) is 0 Å². The van der Waals surface area contributed by atoms with E-state index in [2.05, 4.69) is 18.1 Å². The third-order valence-electron chi connectivity index (χ3n) is 1.73. The Morgan fingerprint density at radius 2 is 2.56 bits per heavy atom. The van der Waals surface area contributed by atoms with Gasteiger partial charge in [-0.1, -0.05) is 12.2 Å². The van der Waals surface area contributed by atoms with E-state index in [1.54, 1.807) is 0 Å². The maximum Gasteiger partial charge on any atom is 0.0149 e. The van der Waals surface area contributed by atoms with Crippen molar-refractivity contribution in [3.8, 4) is 12.3 Å². The average molecular weight is 120 g/mol. The number of allylic oxidation sites excluding steroid dienone is 2. The molecule has 1 aliphatic carbocycles. The third-order valence-corrected chi connectivity index (χ3v) is 1.73. The van der Waals surface area contributed by atoms with Gasteiger partial charge < -0.3 is 0 Å². The summed E-state index contributed by atoms with van der Waals surface area (Å²) in [6.07, 6.45) is 14.5. The van der Waals surface area contributed by atoms with Crippen LogP contribution in [0.15, 0.2) is 12.2 Å². The lowest BCUT2D eigenvalue weighted by Crippen LogP contribution is -1.98. The van der Waals surface area contributed by atoms with Crippen molar-refractivity contribution in [2.24, 2.45) is 5.92 Å². The minimum absolute atomic E-state index is 0.684. The van der Waals surface area contributed by atoms with E-state index in [1.165, 1.54) is 19.3 Å². The molecule has 0 spiro atoms. The first kappa shape index (κ1) is 6.42. The summed E-state index contributed by atoms with van der Waals surface area (Å²) in [6, 6.07) is 0. The van der Waals surface area contributed by atoms with Gasteiger partial charge in [-0.3, -0.25) is 0 Å². The molecule has 0 aromatic rings. The third kappa shape index (κ3) is 1.93. The van der Waals surface area contributed by atoms with Crippen LogP contribution < -0.4 is 0 Å². The van der Waals surface area contributed by atoms with Crippen LogP contribution in [0.5, 0.6) is 0 Å². The van der Waals surface area contributed by atoms with Crippen LogP contribution in [-0.4, -0.2) is 0 Å². The fraction of sp³-hybridized carbons (Fsp3) is 0.556. The molecule has 0 heteroatoms. The summed E-state index contributed by atoms with van der Waals surface area (Å²) in [6.45, 7) is 0. The van der Waals surface area contributed by atoms with E-state index in [0.717, 1.165) is 6.42 Å². The van der Waals surface area contributed by atoms with E-state index in [4.69, 9.17) is 6.42 Å². The summed E-state index contributed by atoms with van der Waals surface area (Å²) in [5, 5.41) is 0. The van der Waals surface area contributed by atoms with Crippen molar-refractivity contribution in [1.29, 1.82) is 0 Å². The molecule has 0 nitrogen and oxygen atoms in total. The van der Waals surface area contributed by atoms with Crippen LogP contribution in [0.25, 0.3) is 0 Å². The Morgan fingerprint density at radius 3 is 3.11 bits per heavy atom. The highest BCUT2D eigenvalue weighted by Gasteiger charge is 2.04. The molecule has 1 aliphatic rings. The van der Waals surface area contributed by atoms with E-state index in [0.29, 0.717) is 5.92 Å². The molecule has 0 heterocycles. The van der Waals surface area contributed by atoms with Gasteiger partial charge in [0.25, 0.3) is 0 Å². The molecule has 0 aromatic heterocycles. The lowest BCUT2D eigenvalue weighted by Gasteiger charge is -2.11. The monoisotopic (exact) mass is 120 g/mol. The van der Waals surface area contributed by atoms with Gasteiger partial charge in [-0.25, -0.2) is 0 Å². The zero-order valence-electron chi connectivity index (χ0n) is 5.64. The van der Waals surface area contributed by atoms with Gasteiger partial charge in [-0.15, -0.1) is 12.3 Å². The van der Waals surface area contributed by atoms with Gasteiger partial charge in [0.1, 0.15) is 0 Å². The Hall–Kier alpha value is -0.700. The molecule has 0 fully saturated rings. The summed E-state index contributed by atoms with van der Waals surface area (Å²) in [5.74, 6) is 3.37. The van der Waals surface area contributed by atoms with Gasteiger partial charge in [-0.2, -0.15) is 0 Å². The SMILES string of the molecule is C#CCC1C=CCCC1. The summed E-state index contributed by atoms with van der Waals surface area (Å²) in [4.78, 5) is 0. The molecule has 48 valence electrons. The van der Waals surface area contributed by atoms with E-state index >= 15 is 0 Å². The van der Waals surface area contributed by atoms with Crippen molar-refractivity contribution in [1.82, 2.24) is 0 Å². The Kier molecular flexibility index (Phi) is 2.39. The Bertz CT molecular complexity index is 137. The van der Waals surface area contributed by atoms with Gasteiger partial charge in [0.2, 0.25) is 0 Å². The Labute approximate surface area is 57.0 Å². The number of hydrogen-bond acceptors (Lipinski definition) is 0. The van der Waals surface area contributed by atoms with Crippen molar-refractivity contribution in [3.63, 3.8) is 0 Å². The lowest BCUT2D eigenvalue weighted by molar-refractivity contribution is 0.553. The maximum absolute atomic E-state index is 5.18. The zero-order valence-corrected chi connectivity index (χ0v) is 5.64. The summed E-state index contributed by atoms with van der Waals surface area (Å²) < 4.78 is 0. The van der Waals surface area contributed by atoms with E-state index in [9.17, 15) is 0 Å². The highest BCUT2D eigenvalue weighted by atomic mass is 14.1. The molecule has 0 aliphatic heterocycles. The Balaban J connectivity index is 2.33. The second-order valence-electron chi connectivity index (χ2n) is 2.53. The van der Waals surface area contributed by atoms with Gasteiger partial charge in [0, 0.05) is 6.42 Å². The predicted octanol–water partition coefficient (Wildman–Crippen LogP) is 2.37. The number of hydrogen-bond donors (Lipinski definition) is 0. The molecule has 1 rings (SSSR count). The molecule has 9 heavy (non-hydrogen) atoms. The molecular formula is C9H12. The average Bonchev–Trinajstić information content (AvgIpc) is 1.91. The first-order chi connectivity index (χ1) is 4.43. The molecule has 1 unspecified atom stereocenters. The fourth-order valence-corrected chi connectivity index (χ4v) is 1.20. The molecule has 0 bridgehead atoms. The van der Waals surface area contributed by atoms with Gasteiger partial charge in [-0.05, 0) is 25.2 Å². The molecule has 1 atom stereocenters. The summed E-state index contributed by atoms with van der Waals surface area (Å²) >= 11 is 0. The van der Waals surface area contributed by atoms with Gasteiger partial charge >= 0.3 is 0 Å². The minimum atomic E-state index is 0.684. The molecule has 0 amide bonds. The first-order valence-corrected chi connectivity index (χ1v) is 3.53. The fourth-order valence-electron chi connectivity index (χ4n) is 1.20. The highest BCUT2D eigenvalue weighted by molar-refractivity contribution is 4.99. The van der Waals surface area contributed by atoms with Crippen LogP contribution in [0, 0.1) is 18.3 Å². The first-order valence-electron chi connectivity index (χ1n) is 3.53. The topological polar surface area (TPSA) is 0 Å². The number of terminal acetylenes is 1. The van der Waals surface area contributed by atoms with E-state index in [-0.39, 0.29) is 0 Å². The van der Waals surface area contributed by atoms with Gasteiger partial charge in [0.15, 0.2) is 0 Å². The normalized spacial score (nSPS) is 25.4. The van der Waals surface area contributed by atoms with Crippen LogP contribution >= 0.6 is 0 Å². The lowest BCUT2D eigenvalue weighted by atomic mass is 9.94. The maximum atomic E-state index is 5.18. The van der Waals surface area contributed by atoms with Crippen LogP contribution in [0.2, 0.25) is 0 Å². The van der Waals surface area contributed by atoms with Crippen LogP contribution in [0.1, 0.15) is 25.7 Å². The minimum Gasteiger partial charge on any atom is -0.120 e. The molecule has 0 N–H and O–H groups in total. The zero-order chi connectivity index (χ0) is 6.53. The molecule has 0 radical (unpaired) electrons. The Morgan fingerprint density at radius 1 is 1.67 bits per heavy atom. The van der Waals surface area contributed by atoms with Crippen molar-refractivity contribution in [2.75, 3.05) is 0 Å². The largest absolute Gasteiger partial charge is 0.120 e. The second-order valence-corrected chi connectivity index (χ2v) is 2.53. The number of rotatable bonds is 1. The van der Waals surface area contributed by atoms with E-state index in [1.807, 2.05) is 0 Å². The summed E-state index contributed by atoms with van der Waals surface area (Å²) in [7, 11) is 0. The van der Waals surface area contributed by atoms with Crippen molar-refractivity contribution in [3.05, 3.63) is 12.2 Å². The van der Waals surface area contributed by atoms with Crippen molar-refractivity contribution < 1.29 is 0 Å². The molecular weight excluding hydrogens is 108 g/mol. The van der Waals surface area contributed by atoms with Gasteiger partial charge in [0.05, 0.1) is 0 Å². The summed E-state index contributed by atoms with van der Waals surface area (Å²) in [5.41, 5.74) is 0. The predicted molar refractivity (Wildman–Crippen MR) is 39.9 cm³/mol. The van der Waals surface area contributed by atoms with Crippen molar-refractivity contribution >= 4 is 0 Å². The smallest absolute Gasteiger partial charge is 0.0149 e. The highest BCUT2D eigenvalue weighted by Crippen LogP contribution is 2.18. The van der Waals surface area contributed by atoms with Crippen molar-refractivity contribution in [2.45, 2.75) is 25.7 Å². The molecule has 0 aromatic carbocycles. The standard InChI is InChI=1S/C9H12/c1-2-6-9-7-4-3-5-8-9/h1,4,7,9H,3,5-6,8H2.